The average molecular weight is 340 g/mol. The van der Waals surface area contributed by atoms with Gasteiger partial charge in [-0.15, -0.1) is 0 Å². The zero-order chi connectivity index (χ0) is 12.1. The second kappa shape index (κ2) is 6.76. The Morgan fingerprint density at radius 1 is 1.56 bits per heavy atom. The van der Waals surface area contributed by atoms with Crippen molar-refractivity contribution in [2.45, 2.75) is 35.8 Å². The second-order valence-electron chi connectivity index (χ2n) is 4.80. The van der Waals surface area contributed by atoms with Crippen LogP contribution in [-0.4, -0.2) is 46.7 Å². The minimum absolute atomic E-state index is 0.0820. The normalized spacial score (nSPS) is 27.8. The van der Waals surface area contributed by atoms with E-state index in [1.807, 2.05) is 19.0 Å². The van der Waals surface area contributed by atoms with Crippen LogP contribution in [0.25, 0.3) is 0 Å². The lowest BCUT2D eigenvalue weighted by Crippen LogP contribution is -2.43. The fraction of sp³-hybridized carbons (Fsp3) is 0.909. The third-order valence-corrected chi connectivity index (χ3v) is 3.95. The van der Waals surface area contributed by atoms with Gasteiger partial charge in [-0.3, -0.25) is 4.79 Å². The van der Waals surface area contributed by atoms with E-state index in [0.29, 0.717) is 12.5 Å². The van der Waals surface area contributed by atoms with Gasteiger partial charge in [-0.25, -0.2) is 0 Å². The summed E-state index contributed by atoms with van der Waals surface area (Å²) in [5.41, 5.74) is 0. The van der Waals surface area contributed by atoms with E-state index in [4.69, 9.17) is 0 Å². The van der Waals surface area contributed by atoms with Crippen LogP contribution in [0.4, 0.5) is 0 Å². The van der Waals surface area contributed by atoms with Gasteiger partial charge in [0, 0.05) is 6.04 Å². The molecular weight excluding hydrogens is 319 g/mol. The van der Waals surface area contributed by atoms with Crippen molar-refractivity contribution in [1.29, 1.82) is 0 Å². The molecule has 1 rings (SSSR count). The number of hydrogen-bond donors (Lipinski definition) is 2. The number of likely N-dealkylation sites (N-methyl/N-ethyl adjacent to an activating group) is 1. The van der Waals surface area contributed by atoms with E-state index in [1.165, 1.54) is 0 Å². The number of carbonyl (C=O) groups is 1. The lowest BCUT2D eigenvalue weighted by Gasteiger charge is -2.31. The predicted molar refractivity (Wildman–Crippen MR) is 72.5 cm³/mol. The second-order valence-corrected chi connectivity index (χ2v) is 6.08. The maximum absolute atomic E-state index is 11.6. The quantitative estimate of drug-likeness (QED) is 0.593. The number of alkyl halides is 1. The van der Waals surface area contributed by atoms with Gasteiger partial charge in [-0.1, -0.05) is 29.0 Å². The van der Waals surface area contributed by atoms with Crippen LogP contribution < -0.4 is 5.32 Å². The van der Waals surface area contributed by atoms with Crippen LogP contribution >= 0.6 is 22.6 Å². The molecule has 4 nitrogen and oxygen atoms in total. The van der Waals surface area contributed by atoms with Crippen molar-refractivity contribution >= 4 is 28.5 Å². The smallest absolute Gasteiger partial charge is 0.234 e. The highest BCUT2D eigenvalue weighted by Gasteiger charge is 2.26. The average Bonchev–Trinajstić information content (AvgIpc) is 2.16. The fourth-order valence-corrected chi connectivity index (χ4v) is 2.82. The molecule has 1 amide bonds. The van der Waals surface area contributed by atoms with Gasteiger partial charge in [0.2, 0.25) is 5.91 Å². The number of nitrogens with zero attached hydrogens (tertiary/aromatic N) is 1. The van der Waals surface area contributed by atoms with Crippen molar-refractivity contribution in [2.24, 2.45) is 5.92 Å². The predicted octanol–water partition coefficient (Wildman–Crippen LogP) is 0.976. The Kier molecular flexibility index (Phi) is 5.99. The summed E-state index contributed by atoms with van der Waals surface area (Å²) in [7, 11) is 3.77. The molecule has 0 spiro atoms. The van der Waals surface area contributed by atoms with Gasteiger partial charge >= 0.3 is 0 Å². The van der Waals surface area contributed by atoms with E-state index >= 15 is 0 Å². The van der Waals surface area contributed by atoms with Gasteiger partial charge in [0.15, 0.2) is 0 Å². The van der Waals surface area contributed by atoms with Gasteiger partial charge in [0.05, 0.1) is 6.54 Å². The minimum atomic E-state index is -0.286. The summed E-state index contributed by atoms with van der Waals surface area (Å²) < 4.78 is -0.286. The highest BCUT2D eigenvalue weighted by molar-refractivity contribution is 14.1. The van der Waals surface area contributed by atoms with E-state index in [1.54, 1.807) is 0 Å². The summed E-state index contributed by atoms with van der Waals surface area (Å²) in [5.74, 6) is 0.414. The number of aliphatic hydroxyl groups excluding tert-OH is 1. The Balaban J connectivity index is 2.34. The molecule has 0 aromatic carbocycles. The van der Waals surface area contributed by atoms with Crippen LogP contribution in [0.1, 0.15) is 25.7 Å². The van der Waals surface area contributed by atoms with Crippen molar-refractivity contribution in [1.82, 2.24) is 10.2 Å². The molecule has 0 aromatic rings. The van der Waals surface area contributed by atoms with Crippen molar-refractivity contribution in [3.63, 3.8) is 0 Å². The highest BCUT2D eigenvalue weighted by Crippen LogP contribution is 2.29. The SMILES string of the molecule is CN(C)CC(=O)N[C@@H]1CCC[C@H](C(O)I)C1. The Bertz CT molecular complexity index is 234. The molecule has 1 saturated carbocycles. The number of aliphatic hydroxyl groups is 1. The van der Waals surface area contributed by atoms with Crippen LogP contribution in [0.5, 0.6) is 0 Å². The zero-order valence-electron chi connectivity index (χ0n) is 9.95. The molecule has 0 radical (unpaired) electrons. The number of carbonyl (C=O) groups excluding carboxylic acids is 1. The maximum Gasteiger partial charge on any atom is 0.234 e. The summed E-state index contributed by atoms with van der Waals surface area (Å²) in [6.45, 7) is 0.438. The van der Waals surface area contributed by atoms with Crippen LogP contribution in [-0.2, 0) is 4.79 Å². The molecule has 16 heavy (non-hydrogen) atoms. The summed E-state index contributed by atoms with van der Waals surface area (Å²) in [5, 5.41) is 12.6. The van der Waals surface area contributed by atoms with Gasteiger partial charge in [0.1, 0.15) is 4.11 Å². The van der Waals surface area contributed by atoms with E-state index in [0.717, 1.165) is 25.7 Å². The van der Waals surface area contributed by atoms with E-state index in [2.05, 4.69) is 27.9 Å². The molecule has 94 valence electrons. The van der Waals surface area contributed by atoms with Gasteiger partial charge in [-0.2, -0.15) is 0 Å². The first-order chi connectivity index (χ1) is 7.49. The first-order valence-corrected chi connectivity index (χ1v) is 7.00. The molecule has 1 unspecified atom stereocenters. The Hall–Kier alpha value is 0.120. The van der Waals surface area contributed by atoms with E-state index in [9.17, 15) is 9.90 Å². The fourth-order valence-electron chi connectivity index (χ4n) is 2.17. The molecule has 0 bridgehead atoms. The van der Waals surface area contributed by atoms with Gasteiger partial charge in [0.25, 0.3) is 0 Å². The summed E-state index contributed by atoms with van der Waals surface area (Å²) in [6.07, 6.45) is 4.12. The monoisotopic (exact) mass is 340 g/mol. The van der Waals surface area contributed by atoms with Crippen LogP contribution in [0, 0.1) is 5.92 Å². The maximum atomic E-state index is 11.6. The molecular formula is C11H21IN2O2. The van der Waals surface area contributed by atoms with Gasteiger partial charge in [-0.05, 0) is 39.3 Å². The van der Waals surface area contributed by atoms with E-state index < -0.39 is 0 Å². The van der Waals surface area contributed by atoms with Crippen molar-refractivity contribution in [3.8, 4) is 0 Å². The lowest BCUT2D eigenvalue weighted by molar-refractivity contribution is -0.122. The molecule has 0 saturated heterocycles. The molecule has 0 heterocycles. The third-order valence-electron chi connectivity index (χ3n) is 2.93. The molecule has 1 fully saturated rings. The minimum Gasteiger partial charge on any atom is -0.382 e. The van der Waals surface area contributed by atoms with Crippen molar-refractivity contribution < 1.29 is 9.90 Å². The Morgan fingerprint density at radius 2 is 2.25 bits per heavy atom. The zero-order valence-corrected chi connectivity index (χ0v) is 12.1. The molecule has 0 aromatic heterocycles. The Morgan fingerprint density at radius 3 is 2.81 bits per heavy atom. The van der Waals surface area contributed by atoms with Crippen LogP contribution in [0.3, 0.4) is 0 Å². The number of halogens is 1. The summed E-state index contributed by atoms with van der Waals surface area (Å²) >= 11 is 2.06. The summed E-state index contributed by atoms with van der Waals surface area (Å²) in [4.78, 5) is 13.4. The van der Waals surface area contributed by atoms with E-state index in [-0.39, 0.29) is 16.1 Å². The first kappa shape index (κ1) is 14.2. The largest absolute Gasteiger partial charge is 0.382 e. The number of amides is 1. The molecule has 3 atom stereocenters. The summed E-state index contributed by atoms with van der Waals surface area (Å²) in [6, 6.07) is 0.246. The molecule has 1 aliphatic rings. The first-order valence-electron chi connectivity index (χ1n) is 5.75. The van der Waals surface area contributed by atoms with Crippen LogP contribution in [0.2, 0.25) is 0 Å². The Labute approximate surface area is 111 Å². The standard InChI is InChI=1S/C11H21IN2O2/c1-14(2)7-10(15)13-9-5-3-4-8(6-9)11(12)16/h8-9,11,16H,3-7H2,1-2H3,(H,13,15)/t8-,9+,11?/m0/s1. The highest BCUT2D eigenvalue weighted by atomic mass is 127. The number of rotatable bonds is 4. The molecule has 1 aliphatic carbocycles. The topological polar surface area (TPSA) is 52.6 Å². The number of hydrogen-bond acceptors (Lipinski definition) is 3. The molecule has 5 heteroatoms. The molecule has 2 N–H and O–H groups in total. The van der Waals surface area contributed by atoms with Crippen LogP contribution in [0.15, 0.2) is 0 Å². The lowest BCUT2D eigenvalue weighted by atomic mass is 9.86. The third kappa shape index (κ3) is 4.97. The van der Waals surface area contributed by atoms with Crippen molar-refractivity contribution in [2.75, 3.05) is 20.6 Å². The van der Waals surface area contributed by atoms with Gasteiger partial charge < -0.3 is 15.3 Å². The number of nitrogens with one attached hydrogen (secondary N) is 1. The van der Waals surface area contributed by atoms with Crippen molar-refractivity contribution in [3.05, 3.63) is 0 Å². The molecule has 0 aliphatic heterocycles.